The molecule has 0 saturated heterocycles. The molecule has 2 N–H and O–H groups in total. The van der Waals surface area contributed by atoms with E-state index >= 15 is 0 Å². The third-order valence-electron chi connectivity index (χ3n) is 2.67. The molecule has 1 unspecified atom stereocenters. The topological polar surface area (TPSA) is 54.4 Å². The van der Waals surface area contributed by atoms with E-state index in [0.717, 1.165) is 5.56 Å². The molecule has 1 aromatic rings. The zero-order valence-corrected chi connectivity index (χ0v) is 12.8. The SMILES string of the molecule is CC(C)Oc1cncc(C(C)(O)CNC(C)(C)C)c1. The lowest BCUT2D eigenvalue weighted by Gasteiger charge is -2.29. The quantitative estimate of drug-likeness (QED) is 0.859. The molecule has 1 rings (SSSR count). The van der Waals surface area contributed by atoms with E-state index in [4.69, 9.17) is 4.74 Å². The number of aromatic nitrogens is 1. The fourth-order valence-electron chi connectivity index (χ4n) is 1.59. The van der Waals surface area contributed by atoms with E-state index in [-0.39, 0.29) is 11.6 Å². The van der Waals surface area contributed by atoms with Crippen molar-refractivity contribution < 1.29 is 9.84 Å². The maximum Gasteiger partial charge on any atom is 0.138 e. The lowest BCUT2D eigenvalue weighted by Crippen LogP contribution is -2.44. The Morgan fingerprint density at radius 3 is 2.42 bits per heavy atom. The van der Waals surface area contributed by atoms with Crippen molar-refractivity contribution in [3.8, 4) is 5.75 Å². The van der Waals surface area contributed by atoms with Crippen LogP contribution in [0.4, 0.5) is 0 Å². The van der Waals surface area contributed by atoms with E-state index in [1.807, 2.05) is 19.9 Å². The van der Waals surface area contributed by atoms with Gasteiger partial charge in [-0.15, -0.1) is 0 Å². The molecule has 0 bridgehead atoms. The number of nitrogens with one attached hydrogen (secondary N) is 1. The molecule has 0 fully saturated rings. The molecule has 0 aliphatic heterocycles. The summed E-state index contributed by atoms with van der Waals surface area (Å²) < 4.78 is 5.60. The van der Waals surface area contributed by atoms with Gasteiger partial charge in [0.15, 0.2) is 0 Å². The molecule has 0 saturated carbocycles. The molecule has 0 spiro atoms. The number of pyridine rings is 1. The summed E-state index contributed by atoms with van der Waals surface area (Å²) in [5.41, 5.74) is -0.262. The molecule has 1 heterocycles. The summed E-state index contributed by atoms with van der Waals surface area (Å²) in [4.78, 5) is 4.14. The highest BCUT2D eigenvalue weighted by Crippen LogP contribution is 2.24. The first kappa shape index (κ1) is 15.9. The fraction of sp³-hybridized carbons (Fsp3) is 0.667. The number of hydrogen-bond acceptors (Lipinski definition) is 4. The molecule has 108 valence electrons. The summed E-state index contributed by atoms with van der Waals surface area (Å²) in [6.45, 7) is 12.4. The standard InChI is InChI=1S/C15H26N2O2/c1-11(2)19-13-7-12(8-16-9-13)15(6,18)10-17-14(3,4)5/h7-9,11,17-18H,10H2,1-6H3. The number of ether oxygens (including phenoxy) is 1. The first-order valence-electron chi connectivity index (χ1n) is 6.70. The van der Waals surface area contributed by atoms with Crippen LogP contribution >= 0.6 is 0 Å². The van der Waals surface area contributed by atoms with Gasteiger partial charge in [-0.2, -0.15) is 0 Å². The van der Waals surface area contributed by atoms with Gasteiger partial charge in [0.2, 0.25) is 0 Å². The highest BCUT2D eigenvalue weighted by molar-refractivity contribution is 5.28. The van der Waals surface area contributed by atoms with Crippen LogP contribution in [0.2, 0.25) is 0 Å². The number of nitrogens with zero attached hydrogens (tertiary/aromatic N) is 1. The summed E-state index contributed by atoms with van der Waals surface area (Å²) >= 11 is 0. The number of rotatable bonds is 5. The minimum Gasteiger partial charge on any atom is -0.489 e. The smallest absolute Gasteiger partial charge is 0.138 e. The lowest BCUT2D eigenvalue weighted by molar-refractivity contribution is 0.0494. The lowest BCUT2D eigenvalue weighted by atomic mass is 9.96. The van der Waals surface area contributed by atoms with E-state index in [9.17, 15) is 5.11 Å². The first-order chi connectivity index (χ1) is 8.60. The zero-order chi connectivity index (χ0) is 14.7. The van der Waals surface area contributed by atoms with E-state index in [1.165, 1.54) is 0 Å². The van der Waals surface area contributed by atoms with Gasteiger partial charge in [-0.05, 0) is 47.6 Å². The van der Waals surface area contributed by atoms with E-state index in [0.29, 0.717) is 12.3 Å². The highest BCUT2D eigenvalue weighted by atomic mass is 16.5. The van der Waals surface area contributed by atoms with Crippen molar-refractivity contribution in [1.29, 1.82) is 0 Å². The maximum atomic E-state index is 10.5. The fourth-order valence-corrected chi connectivity index (χ4v) is 1.59. The average Bonchev–Trinajstić information content (AvgIpc) is 2.25. The Balaban J connectivity index is 2.82. The predicted octanol–water partition coefficient (Wildman–Crippen LogP) is 2.46. The Hall–Kier alpha value is -1.13. The third kappa shape index (κ3) is 5.57. The molecule has 1 atom stereocenters. The molecule has 4 nitrogen and oxygen atoms in total. The van der Waals surface area contributed by atoms with Crippen LogP contribution in [0.1, 0.15) is 47.1 Å². The van der Waals surface area contributed by atoms with Gasteiger partial charge in [-0.1, -0.05) is 0 Å². The summed E-state index contributed by atoms with van der Waals surface area (Å²) in [7, 11) is 0. The van der Waals surface area contributed by atoms with Gasteiger partial charge in [0, 0.05) is 23.8 Å². The summed E-state index contributed by atoms with van der Waals surface area (Å²) in [5.74, 6) is 0.684. The van der Waals surface area contributed by atoms with Crippen LogP contribution < -0.4 is 10.1 Å². The van der Waals surface area contributed by atoms with Crippen LogP contribution in [0.5, 0.6) is 5.75 Å². The van der Waals surface area contributed by atoms with Crippen molar-refractivity contribution in [3.63, 3.8) is 0 Å². The molecule has 0 radical (unpaired) electrons. The van der Waals surface area contributed by atoms with Crippen LogP contribution in [0.15, 0.2) is 18.5 Å². The number of β-amino-alcohol motifs (C(OH)–C–C–N with tert-alkyl or cyclic N) is 1. The Labute approximate surface area is 116 Å². The van der Waals surface area contributed by atoms with Crippen molar-refractivity contribution in [2.45, 2.75) is 58.8 Å². The number of aliphatic hydroxyl groups is 1. The maximum absolute atomic E-state index is 10.5. The van der Waals surface area contributed by atoms with Gasteiger partial charge in [-0.3, -0.25) is 4.98 Å². The molecule has 0 amide bonds. The second-order valence-electron chi connectivity index (χ2n) is 6.45. The van der Waals surface area contributed by atoms with Gasteiger partial charge in [-0.25, -0.2) is 0 Å². The van der Waals surface area contributed by atoms with Gasteiger partial charge in [0.1, 0.15) is 11.4 Å². The summed E-state index contributed by atoms with van der Waals surface area (Å²) in [5, 5.41) is 13.9. The van der Waals surface area contributed by atoms with Gasteiger partial charge in [0.25, 0.3) is 0 Å². The minimum atomic E-state index is -0.976. The molecule has 4 heteroatoms. The van der Waals surface area contributed by atoms with Crippen LogP contribution in [0.3, 0.4) is 0 Å². The largest absolute Gasteiger partial charge is 0.489 e. The third-order valence-corrected chi connectivity index (χ3v) is 2.67. The second-order valence-corrected chi connectivity index (χ2v) is 6.45. The molecule has 19 heavy (non-hydrogen) atoms. The van der Waals surface area contributed by atoms with E-state index in [2.05, 4.69) is 31.1 Å². The first-order valence-corrected chi connectivity index (χ1v) is 6.70. The monoisotopic (exact) mass is 266 g/mol. The van der Waals surface area contributed by atoms with Gasteiger partial charge in [0.05, 0.1) is 12.3 Å². The zero-order valence-electron chi connectivity index (χ0n) is 12.8. The normalized spacial score (nSPS) is 15.4. The van der Waals surface area contributed by atoms with Crippen molar-refractivity contribution in [2.24, 2.45) is 0 Å². The van der Waals surface area contributed by atoms with Crippen LogP contribution in [0, 0.1) is 0 Å². The van der Waals surface area contributed by atoms with Crippen molar-refractivity contribution in [3.05, 3.63) is 24.0 Å². The van der Waals surface area contributed by atoms with Crippen molar-refractivity contribution >= 4 is 0 Å². The molecule has 0 aliphatic rings. The van der Waals surface area contributed by atoms with Gasteiger partial charge < -0.3 is 15.2 Å². The molecule has 0 aliphatic carbocycles. The van der Waals surface area contributed by atoms with E-state index < -0.39 is 5.60 Å². The van der Waals surface area contributed by atoms with E-state index in [1.54, 1.807) is 19.3 Å². The van der Waals surface area contributed by atoms with Crippen LogP contribution in [-0.2, 0) is 5.60 Å². The van der Waals surface area contributed by atoms with Crippen molar-refractivity contribution in [2.75, 3.05) is 6.54 Å². The van der Waals surface area contributed by atoms with Crippen molar-refractivity contribution in [1.82, 2.24) is 10.3 Å². The molecular weight excluding hydrogens is 240 g/mol. The Morgan fingerprint density at radius 2 is 1.89 bits per heavy atom. The summed E-state index contributed by atoms with van der Waals surface area (Å²) in [6, 6.07) is 1.84. The molecule has 0 aromatic carbocycles. The van der Waals surface area contributed by atoms with Crippen LogP contribution in [-0.4, -0.2) is 28.3 Å². The predicted molar refractivity (Wildman–Crippen MR) is 77.3 cm³/mol. The number of hydrogen-bond donors (Lipinski definition) is 2. The highest BCUT2D eigenvalue weighted by Gasteiger charge is 2.26. The Morgan fingerprint density at radius 1 is 1.26 bits per heavy atom. The van der Waals surface area contributed by atoms with Gasteiger partial charge >= 0.3 is 0 Å². The molecule has 1 aromatic heterocycles. The summed E-state index contributed by atoms with van der Waals surface area (Å²) in [6.07, 6.45) is 3.43. The second kappa shape index (κ2) is 5.88. The minimum absolute atomic E-state index is 0.0382. The average molecular weight is 266 g/mol. The Bertz CT molecular complexity index is 409. The molecular formula is C15H26N2O2. The van der Waals surface area contributed by atoms with Crippen LogP contribution in [0.25, 0.3) is 0 Å². The Kier molecular flexibility index (Phi) is 4.93.